The number of hydrogen-bond donors (Lipinski definition) is 1. The second-order valence-electron chi connectivity index (χ2n) is 6.66. The highest BCUT2D eigenvalue weighted by atomic mass is 16.6. The fourth-order valence-corrected chi connectivity index (χ4v) is 4.68. The summed E-state index contributed by atoms with van der Waals surface area (Å²) in [5.41, 5.74) is -0.375. The average Bonchev–Trinajstić information content (AvgIpc) is 2.25. The first-order valence-electron chi connectivity index (χ1n) is 7.09. The van der Waals surface area contributed by atoms with Crippen LogP contribution in [0.15, 0.2) is 12.2 Å². The summed E-state index contributed by atoms with van der Waals surface area (Å²) in [5.74, 6) is 0.585. The summed E-state index contributed by atoms with van der Waals surface area (Å²) < 4.78 is 5.71. The van der Waals surface area contributed by atoms with Crippen LogP contribution in [0.25, 0.3) is 0 Å². The molecule has 0 aliphatic heterocycles. The molecule has 0 saturated heterocycles. The molecule has 0 amide bonds. The van der Waals surface area contributed by atoms with Crippen molar-refractivity contribution in [3.05, 3.63) is 12.2 Å². The maximum absolute atomic E-state index is 11.9. The van der Waals surface area contributed by atoms with Crippen LogP contribution >= 0.6 is 0 Å². The molecule has 0 atom stereocenters. The van der Waals surface area contributed by atoms with Crippen LogP contribution < -0.4 is 0 Å². The van der Waals surface area contributed by atoms with Crippen molar-refractivity contribution in [1.29, 1.82) is 0 Å². The molecule has 0 aromatic heterocycles. The van der Waals surface area contributed by atoms with E-state index >= 15 is 0 Å². The van der Waals surface area contributed by atoms with Gasteiger partial charge in [-0.15, -0.1) is 0 Å². The van der Waals surface area contributed by atoms with Crippen molar-refractivity contribution in [2.24, 2.45) is 17.8 Å². The molecule has 4 saturated carbocycles. The van der Waals surface area contributed by atoms with E-state index in [4.69, 9.17) is 9.84 Å². The van der Waals surface area contributed by atoms with E-state index in [1.807, 2.05) is 0 Å². The molecule has 4 rings (SSSR count). The third kappa shape index (κ3) is 2.40. The van der Waals surface area contributed by atoms with Crippen molar-refractivity contribution in [3.63, 3.8) is 0 Å². The monoisotopic (exact) mass is 264 g/mol. The van der Waals surface area contributed by atoms with Crippen LogP contribution in [0, 0.1) is 17.8 Å². The average molecular weight is 264 g/mol. The maximum Gasteiger partial charge on any atom is 0.331 e. The topological polar surface area (TPSA) is 63.6 Å². The third-order valence-electron chi connectivity index (χ3n) is 4.97. The molecule has 0 heterocycles. The second kappa shape index (κ2) is 4.36. The van der Waals surface area contributed by atoms with Gasteiger partial charge in [-0.2, -0.15) is 0 Å². The number of carboxylic acids is 1. The predicted octanol–water partition coefficient (Wildman–Crippen LogP) is 2.53. The Morgan fingerprint density at radius 1 is 1.11 bits per heavy atom. The van der Waals surface area contributed by atoms with Crippen molar-refractivity contribution >= 4 is 11.9 Å². The van der Waals surface area contributed by atoms with Crippen LogP contribution in [0.2, 0.25) is 0 Å². The number of carbonyl (C=O) groups is 2. The van der Waals surface area contributed by atoms with Gasteiger partial charge >= 0.3 is 11.9 Å². The minimum absolute atomic E-state index is 0.0882. The molecule has 0 aromatic carbocycles. The molecule has 4 aliphatic carbocycles. The lowest BCUT2D eigenvalue weighted by molar-refractivity contribution is -0.186. The van der Waals surface area contributed by atoms with E-state index in [1.54, 1.807) is 0 Å². The number of hydrogen-bond acceptors (Lipinski definition) is 3. The SMILES string of the molecule is C=C(CC(=O)OC12CC3CC(CC(C3)C1)C2)C(=O)O. The van der Waals surface area contributed by atoms with Gasteiger partial charge < -0.3 is 9.84 Å². The van der Waals surface area contributed by atoms with Crippen LogP contribution in [0.1, 0.15) is 44.9 Å². The summed E-state index contributed by atoms with van der Waals surface area (Å²) in [4.78, 5) is 22.6. The molecule has 4 fully saturated rings. The smallest absolute Gasteiger partial charge is 0.331 e. The van der Waals surface area contributed by atoms with Crippen molar-refractivity contribution in [1.82, 2.24) is 0 Å². The molecule has 4 bridgehead atoms. The van der Waals surface area contributed by atoms with Gasteiger partial charge in [-0.05, 0) is 56.3 Å². The summed E-state index contributed by atoms with van der Waals surface area (Å²) >= 11 is 0. The summed E-state index contributed by atoms with van der Waals surface area (Å²) in [7, 11) is 0. The maximum atomic E-state index is 11.9. The lowest BCUT2D eigenvalue weighted by atomic mass is 9.54. The van der Waals surface area contributed by atoms with E-state index in [0.29, 0.717) is 17.8 Å². The van der Waals surface area contributed by atoms with Gasteiger partial charge in [-0.1, -0.05) is 6.58 Å². The number of carboxylic acid groups (broad SMARTS) is 1. The summed E-state index contributed by atoms with van der Waals surface area (Å²) in [6.07, 6.45) is 6.60. The molecule has 0 spiro atoms. The molecular formula is C15H20O4. The van der Waals surface area contributed by atoms with Crippen LogP contribution in [0.5, 0.6) is 0 Å². The van der Waals surface area contributed by atoms with E-state index in [9.17, 15) is 9.59 Å². The van der Waals surface area contributed by atoms with Gasteiger partial charge in [0.1, 0.15) is 5.60 Å². The fourth-order valence-electron chi connectivity index (χ4n) is 4.68. The Hall–Kier alpha value is -1.32. The Balaban J connectivity index is 1.64. The number of carbonyl (C=O) groups excluding carboxylic acids is 1. The molecular weight excluding hydrogens is 244 g/mol. The Kier molecular flexibility index (Phi) is 2.91. The highest BCUT2D eigenvalue weighted by Gasteiger charge is 2.53. The van der Waals surface area contributed by atoms with E-state index < -0.39 is 11.9 Å². The molecule has 0 aromatic rings. The minimum Gasteiger partial charge on any atom is -0.478 e. The first-order valence-corrected chi connectivity index (χ1v) is 7.09. The molecule has 104 valence electrons. The minimum atomic E-state index is -1.12. The zero-order valence-electron chi connectivity index (χ0n) is 11.1. The summed E-state index contributed by atoms with van der Waals surface area (Å²) in [5, 5.41) is 8.75. The Morgan fingerprint density at radius 3 is 2.00 bits per heavy atom. The highest BCUT2D eigenvalue weighted by molar-refractivity contribution is 5.91. The quantitative estimate of drug-likeness (QED) is 0.626. The van der Waals surface area contributed by atoms with Gasteiger partial charge in [0.2, 0.25) is 0 Å². The molecule has 1 N–H and O–H groups in total. The highest BCUT2D eigenvalue weighted by Crippen LogP contribution is 2.57. The van der Waals surface area contributed by atoms with Gasteiger partial charge in [0.05, 0.1) is 6.42 Å². The Bertz CT molecular complexity index is 402. The second-order valence-corrected chi connectivity index (χ2v) is 6.66. The van der Waals surface area contributed by atoms with Crippen LogP contribution in [-0.4, -0.2) is 22.6 Å². The number of rotatable bonds is 4. The Morgan fingerprint density at radius 2 is 1.58 bits per heavy atom. The first kappa shape index (κ1) is 12.7. The van der Waals surface area contributed by atoms with E-state index in [0.717, 1.165) is 19.3 Å². The largest absolute Gasteiger partial charge is 0.478 e. The molecule has 0 unspecified atom stereocenters. The standard InChI is InChI=1S/C15H20O4/c1-9(14(17)18)2-13(16)19-15-6-10-3-11(7-15)5-12(4-10)8-15/h10-12H,1-8H2,(H,17,18). The lowest BCUT2D eigenvalue weighted by Gasteiger charge is -2.55. The first-order chi connectivity index (χ1) is 8.96. The zero-order valence-corrected chi connectivity index (χ0v) is 11.1. The lowest BCUT2D eigenvalue weighted by Crippen LogP contribution is -2.52. The van der Waals surface area contributed by atoms with Crippen molar-refractivity contribution < 1.29 is 19.4 Å². The van der Waals surface area contributed by atoms with Gasteiger partial charge in [0.15, 0.2) is 0 Å². The van der Waals surface area contributed by atoms with E-state index in [-0.39, 0.29) is 17.6 Å². The summed E-state index contributed by atoms with van der Waals surface area (Å²) in [6.45, 7) is 3.39. The molecule has 19 heavy (non-hydrogen) atoms. The Labute approximate surface area is 112 Å². The van der Waals surface area contributed by atoms with Crippen molar-refractivity contribution in [2.75, 3.05) is 0 Å². The van der Waals surface area contributed by atoms with Crippen LogP contribution in [0.3, 0.4) is 0 Å². The van der Waals surface area contributed by atoms with Gasteiger partial charge in [-0.3, -0.25) is 4.79 Å². The van der Waals surface area contributed by atoms with Gasteiger partial charge in [0, 0.05) is 5.57 Å². The number of aliphatic carboxylic acids is 1. The third-order valence-corrected chi connectivity index (χ3v) is 4.97. The normalized spacial score (nSPS) is 39.1. The summed E-state index contributed by atoms with van der Waals surface area (Å²) in [6, 6.07) is 0. The van der Waals surface area contributed by atoms with Gasteiger partial charge in [0.25, 0.3) is 0 Å². The molecule has 4 heteroatoms. The predicted molar refractivity (Wildman–Crippen MR) is 68.4 cm³/mol. The zero-order chi connectivity index (χ0) is 13.6. The van der Waals surface area contributed by atoms with Crippen molar-refractivity contribution in [3.8, 4) is 0 Å². The number of esters is 1. The van der Waals surface area contributed by atoms with Crippen molar-refractivity contribution in [2.45, 2.75) is 50.5 Å². The molecule has 4 nitrogen and oxygen atoms in total. The number of ether oxygens (including phenoxy) is 1. The molecule has 0 radical (unpaired) electrons. The van der Waals surface area contributed by atoms with E-state index in [1.165, 1.54) is 19.3 Å². The van der Waals surface area contributed by atoms with Crippen LogP contribution in [0.4, 0.5) is 0 Å². The van der Waals surface area contributed by atoms with Gasteiger partial charge in [-0.25, -0.2) is 4.79 Å². The molecule has 4 aliphatic rings. The fraction of sp³-hybridized carbons (Fsp3) is 0.733. The van der Waals surface area contributed by atoms with E-state index in [2.05, 4.69) is 6.58 Å². The van der Waals surface area contributed by atoms with Crippen LogP contribution in [-0.2, 0) is 14.3 Å².